The van der Waals surface area contributed by atoms with Gasteiger partial charge in [-0.15, -0.1) is 10.2 Å². The Hall–Kier alpha value is -3.01. The van der Waals surface area contributed by atoms with Crippen LogP contribution in [-0.4, -0.2) is 22.5 Å². The highest BCUT2D eigenvalue weighted by atomic mass is 16.1. The second-order valence-corrected chi connectivity index (χ2v) is 5.83. The molecule has 0 amide bonds. The van der Waals surface area contributed by atoms with Crippen LogP contribution in [0.3, 0.4) is 0 Å². The zero-order chi connectivity index (χ0) is 17.5. The van der Waals surface area contributed by atoms with E-state index in [1.54, 1.807) is 0 Å². The molecule has 0 aliphatic rings. The number of rotatable bonds is 7. The lowest BCUT2D eigenvalue weighted by Crippen LogP contribution is -2.12. The van der Waals surface area contributed by atoms with Gasteiger partial charge in [-0.25, -0.2) is 0 Å². The highest BCUT2D eigenvalue weighted by molar-refractivity contribution is 6.12. The lowest BCUT2D eigenvalue weighted by Gasteiger charge is -2.11. The van der Waals surface area contributed by atoms with Crippen LogP contribution >= 0.6 is 0 Å². The lowest BCUT2D eigenvalue weighted by atomic mass is 10.0. The number of benzene rings is 2. The third-order valence-electron chi connectivity index (χ3n) is 3.97. The fraction of sp³-hybridized carbons (Fsp3) is 0.190. The minimum Gasteiger partial charge on any atom is -0.368 e. The predicted molar refractivity (Wildman–Crippen MR) is 101 cm³/mol. The van der Waals surface area contributed by atoms with Crippen LogP contribution in [0.2, 0.25) is 0 Å². The minimum atomic E-state index is -0.0494. The van der Waals surface area contributed by atoms with Crippen molar-refractivity contribution in [3.8, 4) is 11.3 Å². The van der Waals surface area contributed by atoms with Crippen molar-refractivity contribution in [1.82, 2.24) is 10.2 Å². The van der Waals surface area contributed by atoms with Gasteiger partial charge in [-0.2, -0.15) is 0 Å². The van der Waals surface area contributed by atoms with E-state index in [4.69, 9.17) is 0 Å². The molecule has 0 saturated heterocycles. The van der Waals surface area contributed by atoms with Crippen molar-refractivity contribution in [1.29, 1.82) is 0 Å². The molecule has 1 heterocycles. The standard InChI is InChI=1S/C21H21N3O/c1-2-3-14-22-21-18(20(25)17-12-8-5-9-13-17)15-19(23-24-21)16-10-6-4-7-11-16/h4-13,15H,2-3,14H2,1H3,(H,22,24). The van der Waals surface area contributed by atoms with Crippen molar-refractivity contribution in [2.24, 2.45) is 0 Å². The lowest BCUT2D eigenvalue weighted by molar-refractivity contribution is 0.103. The number of aromatic nitrogens is 2. The summed E-state index contributed by atoms with van der Waals surface area (Å²) in [5.41, 5.74) is 2.84. The summed E-state index contributed by atoms with van der Waals surface area (Å²) in [6.07, 6.45) is 2.09. The smallest absolute Gasteiger partial charge is 0.196 e. The van der Waals surface area contributed by atoms with Gasteiger partial charge in [-0.05, 0) is 12.5 Å². The van der Waals surface area contributed by atoms with Gasteiger partial charge in [0.05, 0.1) is 11.3 Å². The molecular weight excluding hydrogens is 310 g/mol. The molecule has 0 atom stereocenters. The first-order valence-corrected chi connectivity index (χ1v) is 8.56. The van der Waals surface area contributed by atoms with E-state index in [9.17, 15) is 4.79 Å². The number of unbranched alkanes of at least 4 members (excludes halogenated alkanes) is 1. The Bertz CT molecular complexity index is 832. The van der Waals surface area contributed by atoms with E-state index in [-0.39, 0.29) is 5.78 Å². The van der Waals surface area contributed by atoms with Crippen molar-refractivity contribution in [3.63, 3.8) is 0 Å². The predicted octanol–water partition coefficient (Wildman–Crippen LogP) is 4.59. The highest BCUT2D eigenvalue weighted by Gasteiger charge is 2.17. The van der Waals surface area contributed by atoms with Gasteiger partial charge in [0.15, 0.2) is 11.6 Å². The minimum absolute atomic E-state index is 0.0494. The van der Waals surface area contributed by atoms with Crippen LogP contribution in [0.5, 0.6) is 0 Å². The van der Waals surface area contributed by atoms with E-state index in [0.29, 0.717) is 22.6 Å². The van der Waals surface area contributed by atoms with Gasteiger partial charge in [0.25, 0.3) is 0 Å². The highest BCUT2D eigenvalue weighted by Crippen LogP contribution is 2.23. The molecule has 25 heavy (non-hydrogen) atoms. The Kier molecular flexibility index (Phi) is 5.52. The van der Waals surface area contributed by atoms with Crippen LogP contribution in [-0.2, 0) is 0 Å². The first kappa shape index (κ1) is 16.8. The molecule has 1 N–H and O–H groups in total. The number of hydrogen-bond donors (Lipinski definition) is 1. The molecule has 1 aromatic heterocycles. The van der Waals surface area contributed by atoms with Crippen molar-refractivity contribution in [2.45, 2.75) is 19.8 Å². The maximum Gasteiger partial charge on any atom is 0.196 e. The number of nitrogens with one attached hydrogen (secondary N) is 1. The largest absolute Gasteiger partial charge is 0.368 e. The van der Waals surface area contributed by atoms with E-state index in [1.165, 1.54) is 0 Å². The molecule has 3 aromatic rings. The molecule has 3 rings (SSSR count). The monoisotopic (exact) mass is 331 g/mol. The van der Waals surface area contributed by atoms with E-state index < -0.39 is 0 Å². The molecule has 0 fully saturated rings. The molecule has 4 nitrogen and oxygen atoms in total. The van der Waals surface area contributed by atoms with Crippen LogP contribution in [0.1, 0.15) is 35.7 Å². The van der Waals surface area contributed by atoms with Crippen LogP contribution < -0.4 is 5.32 Å². The quantitative estimate of drug-likeness (QED) is 0.508. The maximum atomic E-state index is 13.0. The molecule has 0 spiro atoms. The summed E-state index contributed by atoms with van der Waals surface area (Å²) >= 11 is 0. The molecule has 0 aliphatic heterocycles. The maximum absolute atomic E-state index is 13.0. The molecule has 0 aliphatic carbocycles. The number of carbonyl (C=O) groups excluding carboxylic acids is 1. The third-order valence-corrected chi connectivity index (χ3v) is 3.97. The SMILES string of the molecule is CCCCNc1nnc(-c2ccccc2)cc1C(=O)c1ccccc1. The van der Waals surface area contributed by atoms with Crippen molar-refractivity contribution in [3.05, 3.63) is 77.9 Å². The molecule has 0 radical (unpaired) electrons. The van der Waals surface area contributed by atoms with Crippen LogP contribution in [0.15, 0.2) is 66.7 Å². The first-order chi connectivity index (χ1) is 12.3. The Balaban J connectivity index is 2.00. The molecule has 0 unspecified atom stereocenters. The van der Waals surface area contributed by atoms with Gasteiger partial charge in [-0.3, -0.25) is 4.79 Å². The van der Waals surface area contributed by atoms with Gasteiger partial charge >= 0.3 is 0 Å². The van der Waals surface area contributed by atoms with Gasteiger partial charge in [-0.1, -0.05) is 74.0 Å². The molecular formula is C21H21N3O. The zero-order valence-electron chi connectivity index (χ0n) is 14.3. The normalized spacial score (nSPS) is 10.4. The van der Waals surface area contributed by atoms with Crippen molar-refractivity contribution in [2.75, 3.05) is 11.9 Å². The summed E-state index contributed by atoms with van der Waals surface area (Å²) in [4.78, 5) is 13.0. The second kappa shape index (κ2) is 8.20. The summed E-state index contributed by atoms with van der Waals surface area (Å²) < 4.78 is 0. The summed E-state index contributed by atoms with van der Waals surface area (Å²) in [6, 6.07) is 20.9. The molecule has 126 valence electrons. The summed E-state index contributed by atoms with van der Waals surface area (Å²) in [5, 5.41) is 11.8. The number of ketones is 1. The van der Waals surface area contributed by atoms with Gasteiger partial charge in [0, 0.05) is 17.7 Å². The Morgan fingerprint density at radius 2 is 1.64 bits per heavy atom. The number of anilines is 1. The van der Waals surface area contributed by atoms with Crippen LogP contribution in [0.4, 0.5) is 5.82 Å². The van der Waals surface area contributed by atoms with Gasteiger partial charge in [0.1, 0.15) is 0 Å². The van der Waals surface area contributed by atoms with Crippen molar-refractivity contribution < 1.29 is 4.79 Å². The molecule has 2 aromatic carbocycles. The fourth-order valence-electron chi connectivity index (χ4n) is 2.57. The average molecular weight is 331 g/mol. The van der Waals surface area contributed by atoms with E-state index in [2.05, 4.69) is 22.4 Å². The Morgan fingerprint density at radius 3 is 2.32 bits per heavy atom. The zero-order valence-corrected chi connectivity index (χ0v) is 14.3. The van der Waals surface area contributed by atoms with Gasteiger partial charge in [0.2, 0.25) is 0 Å². The summed E-state index contributed by atoms with van der Waals surface area (Å²) in [7, 11) is 0. The second-order valence-electron chi connectivity index (χ2n) is 5.83. The molecule has 0 saturated carbocycles. The van der Waals surface area contributed by atoms with Crippen LogP contribution in [0.25, 0.3) is 11.3 Å². The Morgan fingerprint density at radius 1 is 0.960 bits per heavy atom. The van der Waals surface area contributed by atoms with Crippen LogP contribution in [0, 0.1) is 0 Å². The molecule has 4 heteroatoms. The summed E-state index contributed by atoms with van der Waals surface area (Å²) in [6.45, 7) is 2.90. The summed E-state index contributed by atoms with van der Waals surface area (Å²) in [5.74, 6) is 0.494. The van der Waals surface area contributed by atoms with Crippen molar-refractivity contribution >= 4 is 11.6 Å². The third kappa shape index (κ3) is 4.10. The Labute approximate surface area is 147 Å². The average Bonchev–Trinajstić information content (AvgIpc) is 2.69. The van der Waals surface area contributed by atoms with E-state index in [0.717, 1.165) is 24.9 Å². The number of hydrogen-bond acceptors (Lipinski definition) is 4. The molecule has 0 bridgehead atoms. The number of carbonyl (C=O) groups is 1. The number of nitrogens with zero attached hydrogens (tertiary/aromatic N) is 2. The van der Waals surface area contributed by atoms with Gasteiger partial charge < -0.3 is 5.32 Å². The fourth-order valence-corrected chi connectivity index (χ4v) is 2.57. The first-order valence-electron chi connectivity index (χ1n) is 8.56. The van der Waals surface area contributed by atoms with E-state index in [1.807, 2.05) is 66.7 Å². The van der Waals surface area contributed by atoms with E-state index >= 15 is 0 Å². The topological polar surface area (TPSA) is 54.9 Å².